The summed E-state index contributed by atoms with van der Waals surface area (Å²) < 4.78 is 6.35. The molecule has 0 bridgehead atoms. The highest BCUT2D eigenvalue weighted by Crippen LogP contribution is 2.03. The van der Waals surface area contributed by atoms with Gasteiger partial charge in [0.2, 0.25) is 0 Å². The van der Waals surface area contributed by atoms with E-state index >= 15 is 0 Å². The summed E-state index contributed by atoms with van der Waals surface area (Å²) in [6, 6.07) is 15.2. The Morgan fingerprint density at radius 1 is 0.920 bits per heavy atom. The molecule has 0 radical (unpaired) electrons. The first-order chi connectivity index (χ1) is 12.1. The number of nitrogens with zero attached hydrogens (tertiary/aromatic N) is 1. The maximum Gasteiger partial charge on any atom is 0.305 e. The van der Waals surface area contributed by atoms with Crippen molar-refractivity contribution in [2.75, 3.05) is 0 Å². The van der Waals surface area contributed by atoms with Crippen LogP contribution in [-0.2, 0) is 6.54 Å². The molecule has 0 aliphatic carbocycles. The van der Waals surface area contributed by atoms with E-state index in [-0.39, 0.29) is 16.9 Å². The minimum Gasteiger partial charge on any atom is -0.459 e. The van der Waals surface area contributed by atoms with Gasteiger partial charge in [0, 0.05) is 12.3 Å². The van der Waals surface area contributed by atoms with E-state index in [0.717, 1.165) is 5.56 Å². The Balaban J connectivity index is 1.69. The topological polar surface area (TPSA) is 93.3 Å². The van der Waals surface area contributed by atoms with Gasteiger partial charge in [0.15, 0.2) is 5.76 Å². The van der Waals surface area contributed by atoms with Crippen LogP contribution >= 0.6 is 0 Å². The molecule has 2 aromatic heterocycles. The third-order valence-electron chi connectivity index (χ3n) is 3.48. The predicted octanol–water partition coefficient (Wildman–Crippen LogP) is 1.56. The summed E-state index contributed by atoms with van der Waals surface area (Å²) in [6.45, 7) is 0.347. The Bertz CT molecular complexity index is 930. The quantitative estimate of drug-likeness (QED) is 0.707. The summed E-state index contributed by atoms with van der Waals surface area (Å²) in [5, 5.41) is 0. The second-order valence-electron chi connectivity index (χ2n) is 5.26. The Morgan fingerprint density at radius 3 is 2.40 bits per heavy atom. The van der Waals surface area contributed by atoms with Crippen molar-refractivity contribution in [3.63, 3.8) is 0 Å². The summed E-state index contributed by atoms with van der Waals surface area (Å²) in [5.74, 6) is -1.04. The number of amides is 2. The van der Waals surface area contributed by atoms with Gasteiger partial charge in [0.05, 0.1) is 18.4 Å². The molecule has 2 N–H and O–H groups in total. The lowest BCUT2D eigenvalue weighted by Crippen LogP contribution is -2.41. The number of rotatable bonds is 4. The lowest BCUT2D eigenvalue weighted by Gasteiger charge is -2.09. The van der Waals surface area contributed by atoms with E-state index in [9.17, 15) is 14.4 Å². The van der Waals surface area contributed by atoms with Crippen molar-refractivity contribution < 1.29 is 14.0 Å². The number of aromatic nitrogens is 1. The van der Waals surface area contributed by atoms with E-state index in [4.69, 9.17) is 4.42 Å². The summed E-state index contributed by atoms with van der Waals surface area (Å²) >= 11 is 0. The van der Waals surface area contributed by atoms with Gasteiger partial charge in [-0.3, -0.25) is 25.2 Å². The first kappa shape index (κ1) is 16.3. The molecule has 0 spiro atoms. The fourth-order valence-corrected chi connectivity index (χ4v) is 2.22. The standard InChI is InChI=1S/C18H15N3O4/c22-16-9-8-14(12-21(16)11-13-5-2-1-3-6-13)17(23)19-20-18(24)15-7-4-10-25-15/h1-10,12H,11H2,(H,19,23)(H,20,24). The molecule has 0 atom stereocenters. The molecule has 1 aromatic carbocycles. The summed E-state index contributed by atoms with van der Waals surface area (Å²) in [7, 11) is 0. The van der Waals surface area contributed by atoms with Crippen molar-refractivity contribution in [3.8, 4) is 0 Å². The molecule has 3 aromatic rings. The van der Waals surface area contributed by atoms with E-state index in [2.05, 4.69) is 10.9 Å². The van der Waals surface area contributed by atoms with Gasteiger partial charge >= 0.3 is 5.91 Å². The van der Waals surface area contributed by atoms with Crippen molar-refractivity contribution in [1.82, 2.24) is 15.4 Å². The summed E-state index contributed by atoms with van der Waals surface area (Å²) in [5.41, 5.74) is 5.49. The first-order valence-corrected chi connectivity index (χ1v) is 7.52. The van der Waals surface area contributed by atoms with Crippen LogP contribution < -0.4 is 16.4 Å². The highest BCUT2D eigenvalue weighted by atomic mass is 16.3. The highest BCUT2D eigenvalue weighted by molar-refractivity contribution is 5.97. The largest absolute Gasteiger partial charge is 0.459 e. The molecular weight excluding hydrogens is 322 g/mol. The summed E-state index contributed by atoms with van der Waals surface area (Å²) in [6.07, 6.45) is 2.81. The van der Waals surface area contributed by atoms with Gasteiger partial charge in [0.25, 0.3) is 11.5 Å². The molecule has 126 valence electrons. The van der Waals surface area contributed by atoms with Gasteiger partial charge in [-0.1, -0.05) is 30.3 Å². The summed E-state index contributed by atoms with van der Waals surface area (Å²) in [4.78, 5) is 35.9. The van der Waals surface area contributed by atoms with Crippen molar-refractivity contribution in [2.24, 2.45) is 0 Å². The molecule has 7 heteroatoms. The molecule has 3 rings (SSSR count). The number of carbonyl (C=O) groups excluding carboxylic acids is 2. The Kier molecular flexibility index (Phi) is 4.75. The van der Waals surface area contributed by atoms with Crippen molar-refractivity contribution in [1.29, 1.82) is 0 Å². The van der Waals surface area contributed by atoms with Gasteiger partial charge in [0.1, 0.15) is 0 Å². The zero-order chi connectivity index (χ0) is 17.6. The monoisotopic (exact) mass is 337 g/mol. The molecule has 0 fully saturated rings. The second-order valence-corrected chi connectivity index (χ2v) is 5.26. The minimum absolute atomic E-state index is 0.0781. The molecule has 2 amide bonds. The Hall–Kier alpha value is -3.61. The van der Waals surface area contributed by atoms with Crippen LogP contribution in [-0.4, -0.2) is 16.4 Å². The van der Waals surface area contributed by atoms with Crippen LogP contribution in [0.5, 0.6) is 0 Å². The highest BCUT2D eigenvalue weighted by Gasteiger charge is 2.12. The van der Waals surface area contributed by atoms with Crippen LogP contribution in [0.1, 0.15) is 26.5 Å². The smallest absolute Gasteiger partial charge is 0.305 e. The van der Waals surface area contributed by atoms with Crippen LogP contribution in [0.2, 0.25) is 0 Å². The maximum absolute atomic E-state index is 12.2. The van der Waals surface area contributed by atoms with E-state index in [0.29, 0.717) is 6.54 Å². The van der Waals surface area contributed by atoms with Crippen LogP contribution in [0.15, 0.2) is 76.3 Å². The average molecular weight is 337 g/mol. The number of benzene rings is 1. The van der Waals surface area contributed by atoms with E-state index in [1.807, 2.05) is 30.3 Å². The Labute approximate surface area is 142 Å². The third-order valence-corrected chi connectivity index (χ3v) is 3.48. The molecule has 0 saturated heterocycles. The normalized spacial score (nSPS) is 10.2. The first-order valence-electron chi connectivity index (χ1n) is 7.52. The van der Waals surface area contributed by atoms with Crippen molar-refractivity contribution >= 4 is 11.8 Å². The van der Waals surface area contributed by atoms with Crippen LogP contribution in [0, 0.1) is 0 Å². The van der Waals surface area contributed by atoms with E-state index in [1.165, 1.54) is 35.2 Å². The van der Waals surface area contributed by atoms with Crippen molar-refractivity contribution in [2.45, 2.75) is 6.54 Å². The third kappa shape index (κ3) is 4.03. The fourth-order valence-electron chi connectivity index (χ4n) is 2.22. The molecule has 2 heterocycles. The molecule has 25 heavy (non-hydrogen) atoms. The number of furan rings is 1. The molecular formula is C18H15N3O4. The van der Waals surface area contributed by atoms with Crippen LogP contribution in [0.25, 0.3) is 0 Å². The van der Waals surface area contributed by atoms with E-state index < -0.39 is 11.8 Å². The maximum atomic E-state index is 12.2. The second kappa shape index (κ2) is 7.31. The zero-order valence-electron chi connectivity index (χ0n) is 13.1. The van der Waals surface area contributed by atoms with Gasteiger partial charge in [-0.15, -0.1) is 0 Å². The minimum atomic E-state index is -0.573. The number of carbonyl (C=O) groups is 2. The number of pyridine rings is 1. The van der Waals surface area contributed by atoms with Gasteiger partial charge in [-0.25, -0.2) is 0 Å². The Morgan fingerprint density at radius 2 is 1.68 bits per heavy atom. The molecule has 7 nitrogen and oxygen atoms in total. The molecule has 0 saturated carbocycles. The average Bonchev–Trinajstić information content (AvgIpc) is 3.17. The number of hydrazine groups is 1. The van der Waals surface area contributed by atoms with Crippen LogP contribution in [0.3, 0.4) is 0 Å². The van der Waals surface area contributed by atoms with Gasteiger partial charge < -0.3 is 8.98 Å². The zero-order valence-corrected chi connectivity index (χ0v) is 13.1. The van der Waals surface area contributed by atoms with Crippen LogP contribution in [0.4, 0.5) is 0 Å². The molecule has 0 aliphatic rings. The molecule has 0 unspecified atom stereocenters. The van der Waals surface area contributed by atoms with Gasteiger partial charge in [-0.2, -0.15) is 0 Å². The number of hydrogen-bond donors (Lipinski definition) is 2. The number of nitrogens with one attached hydrogen (secondary N) is 2. The lowest BCUT2D eigenvalue weighted by atomic mass is 10.2. The SMILES string of the molecule is O=C(NNC(=O)c1ccco1)c1ccc(=O)n(Cc2ccccc2)c1. The molecule has 0 aliphatic heterocycles. The number of hydrogen-bond acceptors (Lipinski definition) is 4. The lowest BCUT2D eigenvalue weighted by molar-refractivity contribution is 0.0830. The van der Waals surface area contributed by atoms with Gasteiger partial charge in [-0.05, 0) is 23.8 Å². The fraction of sp³-hybridized carbons (Fsp3) is 0.0556. The van der Waals surface area contributed by atoms with E-state index in [1.54, 1.807) is 6.07 Å². The van der Waals surface area contributed by atoms with Crippen molar-refractivity contribution in [3.05, 3.63) is 94.3 Å². The predicted molar refractivity (Wildman–Crippen MR) is 89.9 cm³/mol.